The lowest BCUT2D eigenvalue weighted by Crippen LogP contribution is -2.51. The van der Waals surface area contributed by atoms with Crippen molar-refractivity contribution < 1.29 is 4.79 Å². The SMILES string of the molecule is O=C(NC1CCc2[nH]ncc2C1)[C@@]12CCCC[C@H]1CNC2. The number of nitrogens with one attached hydrogen (secondary N) is 3. The van der Waals surface area contributed by atoms with E-state index in [2.05, 4.69) is 20.8 Å². The van der Waals surface area contributed by atoms with Crippen LogP contribution in [0.2, 0.25) is 0 Å². The molecule has 1 aromatic heterocycles. The van der Waals surface area contributed by atoms with Crippen LogP contribution in [0.15, 0.2) is 6.20 Å². The van der Waals surface area contributed by atoms with Crippen molar-refractivity contribution in [2.45, 2.75) is 51.0 Å². The van der Waals surface area contributed by atoms with E-state index in [9.17, 15) is 4.79 Å². The molecule has 3 aliphatic rings. The molecule has 1 aliphatic heterocycles. The van der Waals surface area contributed by atoms with Crippen LogP contribution < -0.4 is 10.6 Å². The zero-order chi connectivity index (χ0) is 14.3. The lowest BCUT2D eigenvalue weighted by Gasteiger charge is -2.38. The molecule has 1 saturated heterocycles. The Balaban J connectivity index is 1.46. The van der Waals surface area contributed by atoms with Crippen LogP contribution in [0.25, 0.3) is 0 Å². The Kier molecular flexibility index (Phi) is 3.25. The van der Waals surface area contributed by atoms with Gasteiger partial charge in [0.15, 0.2) is 0 Å². The molecule has 5 nitrogen and oxygen atoms in total. The highest BCUT2D eigenvalue weighted by Gasteiger charge is 2.50. The van der Waals surface area contributed by atoms with Crippen molar-refractivity contribution in [3.63, 3.8) is 0 Å². The standard InChI is InChI=1S/C16H24N4O/c21-15(16-6-2-1-3-12(16)9-17-10-16)19-13-4-5-14-11(7-13)8-18-20-14/h8,12-13,17H,1-7,9-10H2,(H,18,20)(H,19,21)/t12-,13?,16+/m0/s1. The maximum Gasteiger partial charge on any atom is 0.228 e. The first kappa shape index (κ1) is 13.3. The number of aromatic amines is 1. The van der Waals surface area contributed by atoms with E-state index in [1.54, 1.807) is 0 Å². The van der Waals surface area contributed by atoms with Crippen LogP contribution in [-0.4, -0.2) is 35.2 Å². The zero-order valence-electron chi connectivity index (χ0n) is 12.5. The molecule has 1 saturated carbocycles. The van der Waals surface area contributed by atoms with Gasteiger partial charge in [0, 0.05) is 18.3 Å². The Morgan fingerprint density at radius 2 is 2.33 bits per heavy atom. The van der Waals surface area contributed by atoms with E-state index in [1.165, 1.54) is 30.5 Å². The first-order valence-electron chi connectivity index (χ1n) is 8.31. The molecule has 1 unspecified atom stereocenters. The van der Waals surface area contributed by atoms with E-state index in [4.69, 9.17) is 0 Å². The molecule has 3 atom stereocenters. The molecule has 0 spiro atoms. The van der Waals surface area contributed by atoms with Gasteiger partial charge in [0.1, 0.15) is 0 Å². The zero-order valence-corrected chi connectivity index (χ0v) is 12.5. The van der Waals surface area contributed by atoms with Crippen molar-refractivity contribution in [2.75, 3.05) is 13.1 Å². The molecule has 0 radical (unpaired) electrons. The molecule has 0 bridgehead atoms. The average Bonchev–Trinajstić information content (AvgIpc) is 3.13. The number of amides is 1. The lowest BCUT2D eigenvalue weighted by atomic mass is 9.67. The number of nitrogens with zero attached hydrogens (tertiary/aromatic N) is 1. The Bertz CT molecular complexity index is 540. The molecule has 114 valence electrons. The van der Waals surface area contributed by atoms with Crippen LogP contribution in [0.5, 0.6) is 0 Å². The van der Waals surface area contributed by atoms with E-state index >= 15 is 0 Å². The van der Waals surface area contributed by atoms with E-state index in [1.807, 2.05) is 6.20 Å². The Morgan fingerprint density at radius 3 is 3.29 bits per heavy atom. The molecule has 2 fully saturated rings. The van der Waals surface area contributed by atoms with Gasteiger partial charge in [-0.2, -0.15) is 5.10 Å². The van der Waals surface area contributed by atoms with E-state index < -0.39 is 0 Å². The second kappa shape index (κ2) is 5.13. The van der Waals surface area contributed by atoms with Gasteiger partial charge in [0.25, 0.3) is 0 Å². The average molecular weight is 288 g/mol. The number of H-pyrrole nitrogens is 1. The van der Waals surface area contributed by atoms with Gasteiger partial charge in [-0.05, 0) is 50.1 Å². The van der Waals surface area contributed by atoms with Crippen LogP contribution in [0, 0.1) is 11.3 Å². The second-order valence-electron chi connectivity index (χ2n) is 7.02. The van der Waals surface area contributed by atoms with Gasteiger partial charge in [-0.3, -0.25) is 9.89 Å². The molecule has 5 heteroatoms. The highest BCUT2D eigenvalue weighted by Crippen LogP contribution is 2.44. The predicted octanol–water partition coefficient (Wildman–Crippen LogP) is 1.16. The van der Waals surface area contributed by atoms with Crippen molar-refractivity contribution in [3.8, 4) is 0 Å². The molecule has 2 aliphatic carbocycles. The monoisotopic (exact) mass is 288 g/mol. The Hall–Kier alpha value is -1.36. The van der Waals surface area contributed by atoms with E-state index in [-0.39, 0.29) is 11.5 Å². The topological polar surface area (TPSA) is 69.8 Å². The minimum absolute atomic E-state index is 0.130. The molecule has 2 heterocycles. The summed E-state index contributed by atoms with van der Waals surface area (Å²) in [6.45, 7) is 1.89. The molecular formula is C16H24N4O. The Morgan fingerprint density at radius 1 is 1.38 bits per heavy atom. The molecule has 1 aromatic rings. The highest BCUT2D eigenvalue weighted by atomic mass is 16.2. The summed E-state index contributed by atoms with van der Waals surface area (Å²) in [4.78, 5) is 12.9. The molecule has 3 N–H and O–H groups in total. The first-order chi connectivity index (χ1) is 10.3. The van der Waals surface area contributed by atoms with Crippen molar-refractivity contribution in [3.05, 3.63) is 17.5 Å². The van der Waals surface area contributed by atoms with E-state index in [0.29, 0.717) is 11.8 Å². The fraction of sp³-hybridized carbons (Fsp3) is 0.750. The van der Waals surface area contributed by atoms with Crippen molar-refractivity contribution in [1.82, 2.24) is 20.8 Å². The van der Waals surface area contributed by atoms with Crippen LogP contribution >= 0.6 is 0 Å². The van der Waals surface area contributed by atoms with Gasteiger partial charge in [-0.1, -0.05) is 12.8 Å². The third-order valence-electron chi connectivity index (χ3n) is 5.84. The van der Waals surface area contributed by atoms with Crippen LogP contribution in [0.4, 0.5) is 0 Å². The fourth-order valence-electron chi connectivity index (χ4n) is 4.56. The summed E-state index contributed by atoms with van der Waals surface area (Å²) in [5.74, 6) is 0.841. The van der Waals surface area contributed by atoms with Crippen LogP contribution in [0.1, 0.15) is 43.4 Å². The van der Waals surface area contributed by atoms with Gasteiger partial charge in [-0.25, -0.2) is 0 Å². The van der Waals surface area contributed by atoms with E-state index in [0.717, 1.165) is 38.8 Å². The predicted molar refractivity (Wildman–Crippen MR) is 79.8 cm³/mol. The van der Waals surface area contributed by atoms with Crippen molar-refractivity contribution in [1.29, 1.82) is 0 Å². The number of hydrogen-bond donors (Lipinski definition) is 3. The third-order valence-corrected chi connectivity index (χ3v) is 5.84. The largest absolute Gasteiger partial charge is 0.352 e. The minimum atomic E-state index is -0.130. The highest BCUT2D eigenvalue weighted by molar-refractivity contribution is 5.84. The lowest BCUT2D eigenvalue weighted by molar-refractivity contribution is -0.134. The number of fused-ring (bicyclic) bond motifs is 2. The van der Waals surface area contributed by atoms with Gasteiger partial charge >= 0.3 is 0 Å². The summed E-state index contributed by atoms with van der Waals surface area (Å²) in [6, 6.07) is 0.278. The summed E-state index contributed by atoms with van der Waals surface area (Å²) in [5.41, 5.74) is 2.39. The van der Waals surface area contributed by atoms with Gasteiger partial charge in [0.05, 0.1) is 11.6 Å². The third kappa shape index (κ3) is 2.18. The summed E-state index contributed by atoms with van der Waals surface area (Å²) >= 11 is 0. The van der Waals surface area contributed by atoms with Crippen LogP contribution in [-0.2, 0) is 17.6 Å². The fourth-order valence-corrected chi connectivity index (χ4v) is 4.56. The Labute approximate surface area is 125 Å². The number of rotatable bonds is 2. The smallest absolute Gasteiger partial charge is 0.228 e. The molecule has 1 amide bonds. The summed E-state index contributed by atoms with van der Waals surface area (Å²) in [7, 11) is 0. The molecule has 0 aromatic carbocycles. The summed E-state index contributed by atoms with van der Waals surface area (Å²) < 4.78 is 0. The van der Waals surface area contributed by atoms with Gasteiger partial charge in [-0.15, -0.1) is 0 Å². The number of hydrogen-bond acceptors (Lipinski definition) is 3. The molecule has 21 heavy (non-hydrogen) atoms. The maximum absolute atomic E-state index is 12.9. The van der Waals surface area contributed by atoms with Gasteiger partial charge in [0.2, 0.25) is 5.91 Å². The second-order valence-corrected chi connectivity index (χ2v) is 7.02. The first-order valence-corrected chi connectivity index (χ1v) is 8.31. The number of carbonyl (C=O) groups is 1. The number of aromatic nitrogens is 2. The quantitative estimate of drug-likeness (QED) is 0.765. The molecular weight excluding hydrogens is 264 g/mol. The van der Waals surface area contributed by atoms with Crippen molar-refractivity contribution in [2.24, 2.45) is 11.3 Å². The summed E-state index contributed by atoms with van der Waals surface area (Å²) in [5, 5.41) is 14.0. The minimum Gasteiger partial charge on any atom is -0.352 e. The van der Waals surface area contributed by atoms with Crippen LogP contribution in [0.3, 0.4) is 0 Å². The molecule has 4 rings (SSSR count). The van der Waals surface area contributed by atoms with Gasteiger partial charge < -0.3 is 10.6 Å². The summed E-state index contributed by atoms with van der Waals surface area (Å²) in [6.07, 6.45) is 9.59. The maximum atomic E-state index is 12.9. The normalized spacial score (nSPS) is 35.0. The number of aryl methyl sites for hydroxylation is 1. The van der Waals surface area contributed by atoms with Crippen molar-refractivity contribution >= 4 is 5.91 Å². The number of carbonyl (C=O) groups excluding carboxylic acids is 1.